The van der Waals surface area contributed by atoms with E-state index in [0.29, 0.717) is 12.1 Å². The van der Waals surface area contributed by atoms with Gasteiger partial charge in [-0.25, -0.2) is 0 Å². The van der Waals surface area contributed by atoms with Crippen LogP contribution >= 0.6 is 0 Å². The van der Waals surface area contributed by atoms with Crippen molar-refractivity contribution >= 4 is 0 Å². The van der Waals surface area contributed by atoms with Crippen LogP contribution < -0.4 is 5.32 Å². The van der Waals surface area contributed by atoms with Crippen molar-refractivity contribution in [3.63, 3.8) is 0 Å². The van der Waals surface area contributed by atoms with Crippen LogP contribution in [0.3, 0.4) is 0 Å². The molecule has 0 aliphatic rings. The molecule has 0 aliphatic carbocycles. The van der Waals surface area contributed by atoms with E-state index in [2.05, 4.69) is 46.9 Å². The van der Waals surface area contributed by atoms with Crippen molar-refractivity contribution in [2.24, 2.45) is 0 Å². The maximum Gasteiger partial charge on any atom is 0.0678 e. The third-order valence-corrected chi connectivity index (χ3v) is 2.85. The van der Waals surface area contributed by atoms with E-state index in [1.165, 1.54) is 12.8 Å². The summed E-state index contributed by atoms with van der Waals surface area (Å²) in [4.78, 5) is 0. The maximum absolute atomic E-state index is 5.95. The van der Waals surface area contributed by atoms with Crippen LogP contribution in [0.15, 0.2) is 0 Å². The molecule has 0 saturated heterocycles. The fourth-order valence-electron chi connectivity index (χ4n) is 1.57. The van der Waals surface area contributed by atoms with Gasteiger partial charge in [0.2, 0.25) is 0 Å². The SMILES string of the molecule is CCCC(C)NCC(C)OC(C)(C)CC. The minimum absolute atomic E-state index is 0.00902. The quantitative estimate of drug-likeness (QED) is 0.670. The first-order valence-electron chi connectivity index (χ1n) is 6.32. The zero-order chi connectivity index (χ0) is 11.9. The average molecular weight is 215 g/mol. The minimum Gasteiger partial charge on any atom is -0.371 e. The molecule has 0 aromatic carbocycles. The standard InChI is InChI=1S/C13H29NO/c1-7-9-11(3)14-10-12(4)15-13(5,6)8-2/h11-12,14H,7-10H2,1-6H3. The first kappa shape index (κ1) is 14.9. The van der Waals surface area contributed by atoms with Crippen LogP contribution in [0.4, 0.5) is 0 Å². The van der Waals surface area contributed by atoms with Gasteiger partial charge in [0.15, 0.2) is 0 Å². The summed E-state index contributed by atoms with van der Waals surface area (Å²) in [5.41, 5.74) is 0.00902. The molecular weight excluding hydrogens is 186 g/mol. The smallest absolute Gasteiger partial charge is 0.0678 e. The molecule has 0 aliphatic heterocycles. The second kappa shape index (κ2) is 7.24. The normalized spacial score (nSPS) is 16.4. The highest BCUT2D eigenvalue weighted by Crippen LogP contribution is 2.15. The van der Waals surface area contributed by atoms with Crippen molar-refractivity contribution < 1.29 is 4.74 Å². The predicted molar refractivity (Wildman–Crippen MR) is 67.3 cm³/mol. The average Bonchev–Trinajstić information content (AvgIpc) is 2.15. The Balaban J connectivity index is 3.70. The number of nitrogens with one attached hydrogen (secondary N) is 1. The Bertz CT molecular complexity index is 157. The summed E-state index contributed by atoms with van der Waals surface area (Å²) in [5, 5.41) is 3.50. The largest absolute Gasteiger partial charge is 0.371 e. The van der Waals surface area contributed by atoms with Crippen molar-refractivity contribution in [1.82, 2.24) is 5.32 Å². The molecule has 2 atom stereocenters. The highest BCUT2D eigenvalue weighted by molar-refractivity contribution is 4.70. The lowest BCUT2D eigenvalue weighted by molar-refractivity contribution is -0.0648. The first-order valence-corrected chi connectivity index (χ1v) is 6.32. The van der Waals surface area contributed by atoms with Crippen molar-refractivity contribution in [1.29, 1.82) is 0 Å². The fraction of sp³-hybridized carbons (Fsp3) is 1.00. The lowest BCUT2D eigenvalue weighted by Gasteiger charge is -2.29. The molecule has 0 amide bonds. The second-order valence-electron chi connectivity index (χ2n) is 5.14. The monoisotopic (exact) mass is 215 g/mol. The van der Waals surface area contributed by atoms with Gasteiger partial charge in [0.05, 0.1) is 11.7 Å². The molecule has 0 radical (unpaired) electrons. The molecule has 15 heavy (non-hydrogen) atoms. The molecule has 0 spiro atoms. The van der Waals surface area contributed by atoms with E-state index in [1.54, 1.807) is 0 Å². The van der Waals surface area contributed by atoms with Crippen LogP contribution in [0.2, 0.25) is 0 Å². The number of ether oxygens (including phenoxy) is 1. The highest BCUT2D eigenvalue weighted by Gasteiger charge is 2.19. The van der Waals surface area contributed by atoms with Crippen LogP contribution in [0.1, 0.15) is 60.8 Å². The predicted octanol–water partition coefficient (Wildman–Crippen LogP) is 3.36. The second-order valence-corrected chi connectivity index (χ2v) is 5.14. The van der Waals surface area contributed by atoms with E-state index in [1.807, 2.05) is 0 Å². The van der Waals surface area contributed by atoms with Crippen molar-refractivity contribution in [2.75, 3.05) is 6.54 Å². The molecule has 2 nitrogen and oxygen atoms in total. The molecule has 0 bridgehead atoms. The summed E-state index contributed by atoms with van der Waals surface area (Å²) in [7, 11) is 0. The number of hydrogen-bond donors (Lipinski definition) is 1. The van der Waals surface area contributed by atoms with E-state index in [9.17, 15) is 0 Å². The molecule has 2 heteroatoms. The molecule has 0 aromatic heterocycles. The van der Waals surface area contributed by atoms with Crippen molar-refractivity contribution in [3.8, 4) is 0 Å². The van der Waals surface area contributed by atoms with Gasteiger partial charge >= 0.3 is 0 Å². The number of hydrogen-bond acceptors (Lipinski definition) is 2. The molecule has 2 unspecified atom stereocenters. The molecule has 0 heterocycles. The Hall–Kier alpha value is -0.0800. The Morgan fingerprint density at radius 2 is 1.80 bits per heavy atom. The van der Waals surface area contributed by atoms with Gasteiger partial charge in [-0.2, -0.15) is 0 Å². The summed E-state index contributed by atoms with van der Waals surface area (Å²) in [6.07, 6.45) is 3.83. The lowest BCUT2D eigenvalue weighted by atomic mass is 10.1. The van der Waals surface area contributed by atoms with Crippen molar-refractivity contribution in [2.45, 2.75) is 78.6 Å². The molecular formula is C13H29NO. The zero-order valence-electron chi connectivity index (χ0n) is 11.4. The topological polar surface area (TPSA) is 21.3 Å². The van der Waals surface area contributed by atoms with Gasteiger partial charge in [-0.15, -0.1) is 0 Å². The van der Waals surface area contributed by atoms with Crippen molar-refractivity contribution in [3.05, 3.63) is 0 Å². The zero-order valence-corrected chi connectivity index (χ0v) is 11.4. The Morgan fingerprint density at radius 1 is 1.20 bits per heavy atom. The van der Waals surface area contributed by atoms with Gasteiger partial charge in [0, 0.05) is 12.6 Å². The van der Waals surface area contributed by atoms with E-state index >= 15 is 0 Å². The molecule has 0 aromatic rings. The Labute approximate surface area is 95.8 Å². The Kier molecular flexibility index (Phi) is 7.20. The summed E-state index contributed by atoms with van der Waals surface area (Å²) in [5.74, 6) is 0. The third kappa shape index (κ3) is 7.80. The molecule has 92 valence electrons. The van der Waals surface area contributed by atoms with Crippen LogP contribution in [-0.4, -0.2) is 24.3 Å². The highest BCUT2D eigenvalue weighted by atomic mass is 16.5. The molecule has 1 N–H and O–H groups in total. The van der Waals surface area contributed by atoms with E-state index in [0.717, 1.165) is 13.0 Å². The number of rotatable bonds is 8. The molecule has 0 fully saturated rings. The van der Waals surface area contributed by atoms with Crippen LogP contribution in [-0.2, 0) is 4.74 Å². The van der Waals surface area contributed by atoms with Gasteiger partial charge < -0.3 is 10.1 Å². The van der Waals surface area contributed by atoms with Gasteiger partial charge in [-0.3, -0.25) is 0 Å². The summed E-state index contributed by atoms with van der Waals surface area (Å²) < 4.78 is 5.95. The summed E-state index contributed by atoms with van der Waals surface area (Å²) in [6.45, 7) is 14.0. The Morgan fingerprint density at radius 3 is 2.27 bits per heavy atom. The van der Waals surface area contributed by atoms with E-state index in [-0.39, 0.29) is 5.60 Å². The van der Waals surface area contributed by atoms with Gasteiger partial charge in [0.25, 0.3) is 0 Å². The minimum atomic E-state index is 0.00902. The van der Waals surface area contributed by atoms with Gasteiger partial charge in [-0.05, 0) is 40.5 Å². The summed E-state index contributed by atoms with van der Waals surface area (Å²) in [6, 6.07) is 0.603. The van der Waals surface area contributed by atoms with Gasteiger partial charge in [0.1, 0.15) is 0 Å². The van der Waals surface area contributed by atoms with Crippen LogP contribution in [0.5, 0.6) is 0 Å². The lowest BCUT2D eigenvalue weighted by Crippen LogP contribution is -2.38. The van der Waals surface area contributed by atoms with Gasteiger partial charge in [-0.1, -0.05) is 20.3 Å². The van der Waals surface area contributed by atoms with Crippen LogP contribution in [0, 0.1) is 0 Å². The third-order valence-electron chi connectivity index (χ3n) is 2.85. The molecule has 0 rings (SSSR count). The maximum atomic E-state index is 5.95. The molecule has 0 saturated carbocycles. The fourth-order valence-corrected chi connectivity index (χ4v) is 1.57. The first-order chi connectivity index (χ1) is 6.91. The summed E-state index contributed by atoms with van der Waals surface area (Å²) >= 11 is 0. The van der Waals surface area contributed by atoms with E-state index in [4.69, 9.17) is 4.74 Å². The van der Waals surface area contributed by atoms with E-state index < -0.39 is 0 Å². The van der Waals surface area contributed by atoms with Crippen LogP contribution in [0.25, 0.3) is 0 Å².